The summed E-state index contributed by atoms with van der Waals surface area (Å²) >= 11 is 0. The van der Waals surface area contributed by atoms with Crippen molar-refractivity contribution in [2.45, 2.75) is 13.8 Å². The molecule has 4 nitrogen and oxygen atoms in total. The Bertz CT molecular complexity index is 842. The molecular weight excluding hydrogens is 380 g/mol. The fourth-order valence-electron chi connectivity index (χ4n) is 2.82. The zero-order valence-electron chi connectivity index (χ0n) is 16.8. The highest BCUT2D eigenvalue weighted by Gasteiger charge is 2.07. The van der Waals surface area contributed by atoms with Gasteiger partial charge in [-0.2, -0.15) is 0 Å². The smallest absolute Gasteiger partial charge is 0.132 e. The summed E-state index contributed by atoms with van der Waals surface area (Å²) in [7, 11) is 0. The molecule has 0 heterocycles. The van der Waals surface area contributed by atoms with Crippen molar-refractivity contribution in [3.63, 3.8) is 0 Å². The van der Waals surface area contributed by atoms with E-state index in [9.17, 15) is 0 Å². The minimum Gasteiger partial charge on any atom is -0.340 e. The molecule has 0 aliphatic carbocycles. The SMILES string of the molecule is CCN=C(Nc1ccccc1)c1ccc(C(=NCC)Nc2ccccc2)cc1.Cl. The lowest BCUT2D eigenvalue weighted by molar-refractivity contribution is 1.12. The van der Waals surface area contributed by atoms with Gasteiger partial charge in [0.1, 0.15) is 11.7 Å². The molecule has 0 aromatic heterocycles. The second-order valence-electron chi connectivity index (χ2n) is 6.21. The second kappa shape index (κ2) is 11.7. The Hall–Kier alpha value is -3.11. The van der Waals surface area contributed by atoms with Crippen LogP contribution in [0.5, 0.6) is 0 Å². The average Bonchev–Trinajstić information content (AvgIpc) is 2.75. The lowest BCUT2D eigenvalue weighted by Gasteiger charge is -2.13. The lowest BCUT2D eigenvalue weighted by Crippen LogP contribution is -2.16. The molecule has 0 radical (unpaired) electrons. The van der Waals surface area contributed by atoms with E-state index in [4.69, 9.17) is 0 Å². The van der Waals surface area contributed by atoms with E-state index in [-0.39, 0.29) is 12.4 Å². The third-order valence-corrected chi connectivity index (χ3v) is 4.14. The largest absolute Gasteiger partial charge is 0.340 e. The van der Waals surface area contributed by atoms with Crippen LogP contribution in [-0.2, 0) is 0 Å². The second-order valence-corrected chi connectivity index (χ2v) is 6.21. The van der Waals surface area contributed by atoms with Gasteiger partial charge in [0.2, 0.25) is 0 Å². The number of rotatable bonds is 6. The maximum Gasteiger partial charge on any atom is 0.132 e. The number of anilines is 2. The summed E-state index contributed by atoms with van der Waals surface area (Å²) in [5.41, 5.74) is 4.14. The predicted octanol–water partition coefficient (Wildman–Crippen LogP) is 5.87. The summed E-state index contributed by atoms with van der Waals surface area (Å²) < 4.78 is 0. The molecule has 0 aliphatic rings. The molecule has 0 atom stereocenters. The monoisotopic (exact) mass is 406 g/mol. The first-order valence-electron chi connectivity index (χ1n) is 9.64. The van der Waals surface area contributed by atoms with Crippen molar-refractivity contribution in [3.05, 3.63) is 96.1 Å². The standard InChI is InChI=1S/C24H26N4.ClH/c1-3-25-23(27-21-11-7-5-8-12-21)19-15-17-20(18-16-19)24(26-4-2)28-22-13-9-6-10-14-22;/h5-18H,3-4H2,1-2H3,(H,25,27)(H,26,28);1H. The average molecular weight is 407 g/mol. The number of amidine groups is 2. The molecule has 0 aliphatic heterocycles. The Labute approximate surface area is 179 Å². The van der Waals surface area contributed by atoms with Gasteiger partial charge in [-0.1, -0.05) is 60.7 Å². The first-order valence-corrected chi connectivity index (χ1v) is 9.64. The van der Waals surface area contributed by atoms with E-state index in [1.165, 1.54) is 0 Å². The van der Waals surface area contributed by atoms with E-state index in [0.717, 1.165) is 47.3 Å². The maximum atomic E-state index is 4.63. The quantitative estimate of drug-likeness (QED) is 0.397. The van der Waals surface area contributed by atoms with Crippen molar-refractivity contribution in [1.29, 1.82) is 0 Å². The van der Waals surface area contributed by atoms with Crippen LogP contribution in [0.4, 0.5) is 11.4 Å². The van der Waals surface area contributed by atoms with Crippen LogP contribution >= 0.6 is 12.4 Å². The van der Waals surface area contributed by atoms with Crippen molar-refractivity contribution in [3.8, 4) is 0 Å². The van der Waals surface area contributed by atoms with Gasteiger partial charge in [0.15, 0.2) is 0 Å². The first-order chi connectivity index (χ1) is 13.8. The fraction of sp³-hybridized carbons (Fsp3) is 0.167. The highest BCUT2D eigenvalue weighted by atomic mass is 35.5. The minimum absolute atomic E-state index is 0. The molecule has 0 unspecified atom stereocenters. The van der Waals surface area contributed by atoms with Crippen LogP contribution < -0.4 is 10.6 Å². The van der Waals surface area contributed by atoms with E-state index in [2.05, 4.69) is 44.9 Å². The number of hydrogen-bond acceptors (Lipinski definition) is 2. The Balaban J connectivity index is 0.00000300. The highest BCUT2D eigenvalue weighted by molar-refractivity contribution is 6.11. The van der Waals surface area contributed by atoms with Crippen molar-refractivity contribution >= 4 is 35.5 Å². The van der Waals surface area contributed by atoms with Crippen molar-refractivity contribution in [2.24, 2.45) is 9.98 Å². The van der Waals surface area contributed by atoms with Crippen LogP contribution in [0.15, 0.2) is 94.9 Å². The summed E-state index contributed by atoms with van der Waals surface area (Å²) in [4.78, 5) is 9.26. The third kappa shape index (κ3) is 6.47. The molecule has 5 heteroatoms. The van der Waals surface area contributed by atoms with E-state index in [1.807, 2.05) is 74.5 Å². The molecular formula is C24H27ClN4. The molecule has 0 saturated heterocycles. The summed E-state index contributed by atoms with van der Waals surface area (Å²) in [6.07, 6.45) is 0. The fourth-order valence-corrected chi connectivity index (χ4v) is 2.82. The molecule has 0 bridgehead atoms. The number of benzene rings is 3. The van der Waals surface area contributed by atoms with Crippen molar-refractivity contribution < 1.29 is 0 Å². The Morgan fingerprint density at radius 1 is 0.586 bits per heavy atom. The van der Waals surface area contributed by atoms with Crippen LogP contribution in [0.1, 0.15) is 25.0 Å². The first kappa shape index (κ1) is 22.2. The summed E-state index contributed by atoms with van der Waals surface area (Å²) in [6, 6.07) is 28.5. The highest BCUT2D eigenvalue weighted by Crippen LogP contribution is 2.13. The molecule has 0 spiro atoms. The molecule has 0 amide bonds. The molecule has 29 heavy (non-hydrogen) atoms. The predicted molar refractivity (Wildman–Crippen MR) is 128 cm³/mol. The number of nitrogens with one attached hydrogen (secondary N) is 2. The number of halogens is 1. The summed E-state index contributed by atoms with van der Waals surface area (Å²) in [5.74, 6) is 1.73. The third-order valence-electron chi connectivity index (χ3n) is 4.14. The molecule has 0 fully saturated rings. The van der Waals surface area contributed by atoms with Gasteiger partial charge < -0.3 is 10.6 Å². The summed E-state index contributed by atoms with van der Waals surface area (Å²) in [6.45, 7) is 5.51. The van der Waals surface area contributed by atoms with Crippen molar-refractivity contribution in [1.82, 2.24) is 0 Å². The Morgan fingerprint density at radius 2 is 0.931 bits per heavy atom. The van der Waals surface area contributed by atoms with Gasteiger partial charge >= 0.3 is 0 Å². The number of nitrogens with zero attached hydrogens (tertiary/aromatic N) is 2. The van der Waals surface area contributed by atoms with Gasteiger partial charge in [-0.05, 0) is 38.1 Å². The van der Waals surface area contributed by atoms with E-state index in [1.54, 1.807) is 0 Å². The Kier molecular flexibility index (Phi) is 8.93. The van der Waals surface area contributed by atoms with Crippen LogP contribution in [0.25, 0.3) is 0 Å². The van der Waals surface area contributed by atoms with Gasteiger partial charge in [-0.15, -0.1) is 12.4 Å². The molecule has 2 N–H and O–H groups in total. The molecule has 3 rings (SSSR count). The molecule has 3 aromatic rings. The summed E-state index contributed by atoms with van der Waals surface area (Å²) in [5, 5.41) is 6.83. The van der Waals surface area contributed by atoms with Gasteiger partial charge in [0, 0.05) is 35.6 Å². The minimum atomic E-state index is 0. The molecule has 3 aromatic carbocycles. The van der Waals surface area contributed by atoms with Crippen molar-refractivity contribution in [2.75, 3.05) is 23.7 Å². The van der Waals surface area contributed by atoms with E-state index in [0.29, 0.717) is 0 Å². The Morgan fingerprint density at radius 3 is 1.24 bits per heavy atom. The van der Waals surface area contributed by atoms with E-state index >= 15 is 0 Å². The van der Waals surface area contributed by atoms with Crippen LogP contribution in [0, 0.1) is 0 Å². The number of aliphatic imine (C=N–C) groups is 2. The normalized spacial score (nSPS) is 11.5. The zero-order chi connectivity index (χ0) is 19.6. The van der Waals surface area contributed by atoms with Gasteiger partial charge in [0.25, 0.3) is 0 Å². The number of para-hydroxylation sites is 2. The molecule has 150 valence electrons. The lowest BCUT2D eigenvalue weighted by atomic mass is 10.1. The van der Waals surface area contributed by atoms with Gasteiger partial charge in [0.05, 0.1) is 0 Å². The van der Waals surface area contributed by atoms with Gasteiger partial charge in [-0.3, -0.25) is 9.98 Å². The topological polar surface area (TPSA) is 48.8 Å². The van der Waals surface area contributed by atoms with Crippen LogP contribution in [0.2, 0.25) is 0 Å². The zero-order valence-corrected chi connectivity index (χ0v) is 17.6. The van der Waals surface area contributed by atoms with E-state index < -0.39 is 0 Å². The number of hydrogen-bond donors (Lipinski definition) is 2. The van der Waals surface area contributed by atoms with Gasteiger partial charge in [-0.25, -0.2) is 0 Å². The van der Waals surface area contributed by atoms with Crippen LogP contribution in [0.3, 0.4) is 0 Å². The maximum absolute atomic E-state index is 4.63. The molecule has 0 saturated carbocycles. The van der Waals surface area contributed by atoms with Crippen LogP contribution in [-0.4, -0.2) is 24.8 Å².